The van der Waals surface area contributed by atoms with E-state index in [9.17, 15) is 0 Å². The van der Waals surface area contributed by atoms with Crippen LogP contribution < -0.4 is 15.4 Å². The lowest BCUT2D eigenvalue weighted by molar-refractivity contribution is 0.323. The van der Waals surface area contributed by atoms with Gasteiger partial charge in [-0.25, -0.2) is 15.0 Å². The molecule has 0 bridgehead atoms. The van der Waals surface area contributed by atoms with Crippen LogP contribution in [0.5, 0.6) is 5.88 Å². The summed E-state index contributed by atoms with van der Waals surface area (Å²) in [6.07, 6.45) is 3.56. The van der Waals surface area contributed by atoms with Crippen LogP contribution in [0.3, 0.4) is 0 Å². The Morgan fingerprint density at radius 1 is 1.28 bits per heavy atom. The van der Waals surface area contributed by atoms with Gasteiger partial charge in [-0.05, 0) is 13.0 Å². The Bertz CT molecular complexity index is 673. The van der Waals surface area contributed by atoms with Crippen LogP contribution in [0.4, 0.5) is 5.13 Å². The molecule has 9 heteroatoms. The van der Waals surface area contributed by atoms with Gasteiger partial charge in [0.15, 0.2) is 11.1 Å². The minimum atomic E-state index is 0. The first kappa shape index (κ1) is 19.7. The standard InChI is InChI=1S/C16H22N6OS.HI/c1-2-23-14-13(4-3-5-18-14)12-20-15(17)21-7-9-22(10-8-21)16-19-6-11-24-16;/h3-6,11H,2,7-10,12H2,1H3,(H2,17,20);1H. The third kappa shape index (κ3) is 5.18. The van der Waals surface area contributed by atoms with Crippen molar-refractivity contribution in [1.29, 1.82) is 0 Å². The first-order valence-electron chi connectivity index (χ1n) is 8.04. The van der Waals surface area contributed by atoms with E-state index in [2.05, 4.69) is 24.8 Å². The lowest BCUT2D eigenvalue weighted by Crippen LogP contribution is -2.51. The van der Waals surface area contributed by atoms with E-state index in [1.165, 1.54) is 0 Å². The van der Waals surface area contributed by atoms with Crippen LogP contribution in [0.15, 0.2) is 34.9 Å². The van der Waals surface area contributed by atoms with E-state index < -0.39 is 0 Å². The third-order valence-corrected chi connectivity index (χ3v) is 4.67. The molecule has 0 aliphatic carbocycles. The summed E-state index contributed by atoms with van der Waals surface area (Å²) < 4.78 is 5.52. The molecule has 3 rings (SSSR count). The van der Waals surface area contributed by atoms with Gasteiger partial charge in [-0.3, -0.25) is 0 Å². The van der Waals surface area contributed by atoms with E-state index in [1.807, 2.05) is 30.6 Å². The maximum atomic E-state index is 6.17. The SMILES string of the molecule is CCOc1ncccc1CN=C(N)N1CCN(c2nccs2)CC1.I. The molecular weight excluding hydrogens is 451 g/mol. The number of hydrogen-bond donors (Lipinski definition) is 1. The minimum absolute atomic E-state index is 0. The second-order valence-corrected chi connectivity index (χ2v) is 6.24. The van der Waals surface area contributed by atoms with Gasteiger partial charge in [0.1, 0.15) is 0 Å². The molecule has 0 saturated carbocycles. The number of nitrogens with two attached hydrogens (primary N) is 1. The Morgan fingerprint density at radius 3 is 2.76 bits per heavy atom. The molecule has 25 heavy (non-hydrogen) atoms. The molecule has 1 fully saturated rings. The van der Waals surface area contributed by atoms with E-state index in [4.69, 9.17) is 10.5 Å². The molecule has 7 nitrogen and oxygen atoms in total. The van der Waals surface area contributed by atoms with Crippen molar-refractivity contribution in [3.05, 3.63) is 35.5 Å². The first-order valence-corrected chi connectivity index (χ1v) is 8.92. The summed E-state index contributed by atoms with van der Waals surface area (Å²) in [6.45, 7) is 6.50. The molecule has 0 atom stereocenters. The molecule has 1 saturated heterocycles. The number of thiazole rings is 1. The molecule has 1 aliphatic rings. The van der Waals surface area contributed by atoms with Gasteiger partial charge in [0, 0.05) is 49.5 Å². The van der Waals surface area contributed by atoms with Gasteiger partial charge < -0.3 is 20.3 Å². The van der Waals surface area contributed by atoms with Crippen molar-refractivity contribution in [1.82, 2.24) is 14.9 Å². The zero-order valence-electron chi connectivity index (χ0n) is 14.2. The maximum Gasteiger partial charge on any atom is 0.218 e. The molecule has 2 aromatic rings. The van der Waals surface area contributed by atoms with E-state index in [-0.39, 0.29) is 24.0 Å². The van der Waals surface area contributed by atoms with Crippen LogP contribution in [0.2, 0.25) is 0 Å². The van der Waals surface area contributed by atoms with Crippen LogP contribution in [-0.2, 0) is 6.54 Å². The number of nitrogens with zero attached hydrogens (tertiary/aromatic N) is 5. The molecule has 0 radical (unpaired) electrons. The van der Waals surface area contributed by atoms with Gasteiger partial charge in [0.25, 0.3) is 0 Å². The largest absolute Gasteiger partial charge is 0.478 e. The average Bonchev–Trinajstić information content (AvgIpc) is 3.16. The van der Waals surface area contributed by atoms with Crippen LogP contribution >= 0.6 is 35.3 Å². The maximum absolute atomic E-state index is 6.17. The molecule has 3 heterocycles. The zero-order chi connectivity index (χ0) is 16.8. The van der Waals surface area contributed by atoms with E-state index >= 15 is 0 Å². The fourth-order valence-electron chi connectivity index (χ4n) is 2.58. The van der Waals surface area contributed by atoms with Crippen LogP contribution in [0, 0.1) is 0 Å². The number of anilines is 1. The summed E-state index contributed by atoms with van der Waals surface area (Å²) in [5.74, 6) is 1.20. The number of hydrogen-bond acceptors (Lipinski definition) is 6. The Morgan fingerprint density at radius 2 is 2.08 bits per heavy atom. The highest BCUT2D eigenvalue weighted by Gasteiger charge is 2.19. The highest BCUT2D eigenvalue weighted by Crippen LogP contribution is 2.19. The van der Waals surface area contributed by atoms with E-state index in [0.29, 0.717) is 25.0 Å². The van der Waals surface area contributed by atoms with Crippen molar-refractivity contribution < 1.29 is 4.74 Å². The smallest absolute Gasteiger partial charge is 0.218 e. The fourth-order valence-corrected chi connectivity index (χ4v) is 3.27. The van der Waals surface area contributed by atoms with Gasteiger partial charge in [-0.2, -0.15) is 0 Å². The van der Waals surface area contributed by atoms with Crippen molar-refractivity contribution in [2.45, 2.75) is 13.5 Å². The predicted molar refractivity (Wildman–Crippen MR) is 112 cm³/mol. The molecule has 0 amide bonds. The second-order valence-electron chi connectivity index (χ2n) is 5.36. The number of aliphatic imine (C=N–C) groups is 1. The van der Waals surface area contributed by atoms with Gasteiger partial charge in [-0.15, -0.1) is 35.3 Å². The molecule has 1 aliphatic heterocycles. The molecule has 0 aromatic carbocycles. The Kier molecular flexibility index (Phi) is 7.69. The van der Waals surface area contributed by atoms with Gasteiger partial charge in [0.2, 0.25) is 5.88 Å². The summed E-state index contributed by atoms with van der Waals surface area (Å²) in [5.41, 5.74) is 7.12. The predicted octanol–water partition coefficient (Wildman–Crippen LogP) is 2.19. The first-order chi connectivity index (χ1) is 11.8. The molecule has 0 spiro atoms. The highest BCUT2D eigenvalue weighted by molar-refractivity contribution is 14.0. The van der Waals surface area contributed by atoms with Crippen molar-refractivity contribution in [2.75, 3.05) is 37.7 Å². The Hall–Kier alpha value is -1.62. The summed E-state index contributed by atoms with van der Waals surface area (Å²) in [4.78, 5) is 17.5. The average molecular weight is 474 g/mol. The number of pyridine rings is 1. The topological polar surface area (TPSA) is 79.9 Å². The Balaban J connectivity index is 0.00000225. The highest BCUT2D eigenvalue weighted by atomic mass is 127. The fraction of sp³-hybridized carbons (Fsp3) is 0.438. The molecular formula is C16H23IN6OS. The van der Waals surface area contributed by atoms with E-state index in [0.717, 1.165) is 36.9 Å². The van der Waals surface area contributed by atoms with Crippen molar-refractivity contribution in [3.63, 3.8) is 0 Å². The number of rotatable bonds is 5. The van der Waals surface area contributed by atoms with Gasteiger partial charge in [-0.1, -0.05) is 6.07 Å². The number of piperazine rings is 1. The molecule has 136 valence electrons. The van der Waals surface area contributed by atoms with Crippen LogP contribution in [0.1, 0.15) is 12.5 Å². The summed E-state index contributed by atoms with van der Waals surface area (Å²) in [5, 5.41) is 3.07. The van der Waals surface area contributed by atoms with Crippen LogP contribution in [0.25, 0.3) is 0 Å². The number of ether oxygens (including phenoxy) is 1. The molecule has 2 aromatic heterocycles. The zero-order valence-corrected chi connectivity index (χ0v) is 17.3. The lowest BCUT2D eigenvalue weighted by atomic mass is 10.3. The Labute approximate surface area is 168 Å². The van der Waals surface area contributed by atoms with Gasteiger partial charge in [0.05, 0.1) is 13.2 Å². The molecule has 2 N–H and O–H groups in total. The number of aromatic nitrogens is 2. The van der Waals surface area contributed by atoms with E-state index in [1.54, 1.807) is 17.5 Å². The normalized spacial score (nSPS) is 15.0. The summed E-state index contributed by atoms with van der Waals surface area (Å²) in [6, 6.07) is 3.85. The summed E-state index contributed by atoms with van der Waals surface area (Å²) >= 11 is 1.67. The van der Waals surface area contributed by atoms with Crippen molar-refractivity contribution in [3.8, 4) is 5.88 Å². The number of halogens is 1. The van der Waals surface area contributed by atoms with Crippen LogP contribution in [-0.4, -0.2) is 53.6 Å². The monoisotopic (exact) mass is 474 g/mol. The second kappa shape index (κ2) is 9.76. The summed E-state index contributed by atoms with van der Waals surface area (Å²) in [7, 11) is 0. The van der Waals surface area contributed by atoms with Crippen molar-refractivity contribution in [2.24, 2.45) is 10.7 Å². The molecule has 0 unspecified atom stereocenters. The minimum Gasteiger partial charge on any atom is -0.478 e. The van der Waals surface area contributed by atoms with Gasteiger partial charge >= 0.3 is 0 Å². The van der Waals surface area contributed by atoms with Crippen molar-refractivity contribution >= 4 is 46.4 Å². The number of guanidine groups is 1. The third-order valence-electron chi connectivity index (χ3n) is 3.84. The lowest BCUT2D eigenvalue weighted by Gasteiger charge is -2.35. The quantitative estimate of drug-likeness (QED) is 0.407.